The maximum absolute atomic E-state index is 12.9. The van der Waals surface area contributed by atoms with Gasteiger partial charge in [0.2, 0.25) is 5.91 Å². The molecule has 5 heteroatoms. The second-order valence-electron chi connectivity index (χ2n) is 6.71. The number of anilines is 1. The molecular weight excluding hydrogens is 331 g/mol. The van der Waals surface area contributed by atoms with Crippen molar-refractivity contribution < 1.29 is 14.0 Å². The second-order valence-corrected chi connectivity index (χ2v) is 6.71. The van der Waals surface area contributed by atoms with E-state index in [1.165, 1.54) is 18.6 Å². The minimum Gasteiger partial charge on any atom is -0.348 e. The fourth-order valence-corrected chi connectivity index (χ4v) is 3.23. The lowest BCUT2D eigenvalue weighted by atomic mass is 9.88. The molecule has 0 radical (unpaired) electrons. The first kappa shape index (κ1) is 18.1. The molecular formula is C21H23FN2O2. The molecule has 0 heterocycles. The van der Waals surface area contributed by atoms with E-state index < -0.39 is 0 Å². The molecule has 0 spiro atoms. The third-order valence-corrected chi connectivity index (χ3v) is 4.73. The van der Waals surface area contributed by atoms with Gasteiger partial charge in [0.25, 0.3) is 5.91 Å². The van der Waals surface area contributed by atoms with Crippen LogP contribution in [0.1, 0.15) is 48.0 Å². The zero-order valence-corrected chi connectivity index (χ0v) is 14.6. The molecule has 0 aromatic heterocycles. The summed E-state index contributed by atoms with van der Waals surface area (Å²) >= 11 is 0. The van der Waals surface area contributed by atoms with Gasteiger partial charge in [-0.2, -0.15) is 0 Å². The topological polar surface area (TPSA) is 58.2 Å². The molecule has 2 amide bonds. The van der Waals surface area contributed by atoms with Crippen LogP contribution < -0.4 is 10.6 Å². The van der Waals surface area contributed by atoms with Crippen LogP contribution in [0.5, 0.6) is 0 Å². The zero-order chi connectivity index (χ0) is 18.4. The first-order valence-corrected chi connectivity index (χ1v) is 9.05. The van der Waals surface area contributed by atoms with E-state index >= 15 is 0 Å². The number of amides is 2. The van der Waals surface area contributed by atoms with Crippen LogP contribution in [0, 0.1) is 11.7 Å². The standard InChI is InChI=1S/C21H23FN2O2/c22-18-11-9-15(10-12-18)14-23-20(25)17-7-4-8-19(13-17)24-21(26)16-5-2-1-3-6-16/h4,7-13,16H,1-3,5-6,14H2,(H,23,25)(H,24,26). The molecule has 2 N–H and O–H groups in total. The lowest BCUT2D eigenvalue weighted by Crippen LogP contribution is -2.25. The third-order valence-electron chi connectivity index (χ3n) is 4.73. The molecule has 0 aliphatic heterocycles. The average molecular weight is 354 g/mol. The maximum atomic E-state index is 12.9. The van der Waals surface area contributed by atoms with Gasteiger partial charge in [-0.05, 0) is 48.7 Å². The number of carbonyl (C=O) groups is 2. The van der Waals surface area contributed by atoms with Gasteiger partial charge in [0.15, 0.2) is 0 Å². The molecule has 0 saturated heterocycles. The van der Waals surface area contributed by atoms with Gasteiger partial charge in [0.05, 0.1) is 0 Å². The Kier molecular flexibility index (Phi) is 6.00. The van der Waals surface area contributed by atoms with Gasteiger partial charge in [-0.1, -0.05) is 37.5 Å². The molecule has 1 saturated carbocycles. The predicted octanol–water partition coefficient (Wildman–Crippen LogP) is 4.27. The van der Waals surface area contributed by atoms with E-state index in [1.807, 2.05) is 0 Å². The highest BCUT2D eigenvalue weighted by atomic mass is 19.1. The minimum atomic E-state index is -0.304. The van der Waals surface area contributed by atoms with Gasteiger partial charge in [-0.25, -0.2) is 4.39 Å². The Bertz CT molecular complexity index is 768. The van der Waals surface area contributed by atoms with E-state index in [2.05, 4.69) is 10.6 Å². The quantitative estimate of drug-likeness (QED) is 0.842. The SMILES string of the molecule is O=C(NCc1ccc(F)cc1)c1cccc(NC(=O)C2CCCCC2)c1. The number of benzene rings is 2. The molecule has 136 valence electrons. The summed E-state index contributed by atoms with van der Waals surface area (Å²) < 4.78 is 12.9. The van der Waals surface area contributed by atoms with Crippen LogP contribution in [0.4, 0.5) is 10.1 Å². The number of hydrogen-bond acceptors (Lipinski definition) is 2. The van der Waals surface area contributed by atoms with Crippen LogP contribution in [-0.2, 0) is 11.3 Å². The smallest absolute Gasteiger partial charge is 0.251 e. The largest absolute Gasteiger partial charge is 0.348 e. The highest BCUT2D eigenvalue weighted by molar-refractivity contribution is 5.97. The van der Waals surface area contributed by atoms with Gasteiger partial charge in [-0.15, -0.1) is 0 Å². The molecule has 2 aromatic carbocycles. The van der Waals surface area contributed by atoms with Crippen molar-refractivity contribution in [2.45, 2.75) is 38.6 Å². The zero-order valence-electron chi connectivity index (χ0n) is 14.6. The number of carbonyl (C=O) groups excluding carboxylic acids is 2. The van der Waals surface area contributed by atoms with Crippen LogP contribution in [0.25, 0.3) is 0 Å². The summed E-state index contributed by atoms with van der Waals surface area (Å²) in [6.07, 6.45) is 5.27. The molecule has 0 bridgehead atoms. The van der Waals surface area contributed by atoms with Crippen molar-refractivity contribution in [1.29, 1.82) is 0 Å². The fraction of sp³-hybridized carbons (Fsp3) is 0.333. The Labute approximate surface area is 152 Å². The van der Waals surface area contributed by atoms with Crippen LogP contribution in [0.3, 0.4) is 0 Å². The van der Waals surface area contributed by atoms with Gasteiger partial charge in [-0.3, -0.25) is 9.59 Å². The maximum Gasteiger partial charge on any atom is 0.251 e. The van der Waals surface area contributed by atoms with Crippen molar-refractivity contribution in [3.8, 4) is 0 Å². The van der Waals surface area contributed by atoms with E-state index in [0.29, 0.717) is 17.8 Å². The van der Waals surface area contributed by atoms with Crippen molar-refractivity contribution in [3.05, 3.63) is 65.5 Å². The second kappa shape index (κ2) is 8.61. The van der Waals surface area contributed by atoms with E-state index in [9.17, 15) is 14.0 Å². The summed E-state index contributed by atoms with van der Waals surface area (Å²) in [7, 11) is 0. The Balaban J connectivity index is 1.58. The van der Waals surface area contributed by atoms with Crippen molar-refractivity contribution in [2.75, 3.05) is 5.32 Å². The number of halogens is 1. The summed E-state index contributed by atoms with van der Waals surface area (Å²) in [6, 6.07) is 12.9. The van der Waals surface area contributed by atoms with E-state index in [4.69, 9.17) is 0 Å². The monoisotopic (exact) mass is 354 g/mol. The van der Waals surface area contributed by atoms with E-state index in [1.54, 1.807) is 36.4 Å². The molecule has 1 aliphatic rings. The normalized spacial score (nSPS) is 14.7. The van der Waals surface area contributed by atoms with Crippen molar-refractivity contribution in [2.24, 2.45) is 5.92 Å². The average Bonchev–Trinajstić information content (AvgIpc) is 2.68. The highest BCUT2D eigenvalue weighted by Crippen LogP contribution is 2.25. The summed E-state index contributed by atoms with van der Waals surface area (Å²) in [5.41, 5.74) is 1.94. The number of hydrogen-bond donors (Lipinski definition) is 2. The minimum absolute atomic E-state index is 0.0357. The van der Waals surface area contributed by atoms with Crippen LogP contribution in [0.15, 0.2) is 48.5 Å². The van der Waals surface area contributed by atoms with Gasteiger partial charge in [0.1, 0.15) is 5.82 Å². The van der Waals surface area contributed by atoms with Crippen molar-refractivity contribution in [1.82, 2.24) is 5.32 Å². The van der Waals surface area contributed by atoms with E-state index in [-0.39, 0.29) is 23.5 Å². The van der Waals surface area contributed by atoms with Gasteiger partial charge in [0, 0.05) is 23.7 Å². The summed E-state index contributed by atoms with van der Waals surface area (Å²) in [4.78, 5) is 24.7. The molecule has 3 rings (SSSR count). The van der Waals surface area contributed by atoms with Crippen LogP contribution in [-0.4, -0.2) is 11.8 Å². The first-order chi connectivity index (χ1) is 12.6. The summed E-state index contributed by atoms with van der Waals surface area (Å²) in [5, 5.41) is 5.73. The summed E-state index contributed by atoms with van der Waals surface area (Å²) in [6.45, 7) is 0.317. The molecule has 1 aliphatic carbocycles. The molecule has 1 fully saturated rings. The molecule has 26 heavy (non-hydrogen) atoms. The summed E-state index contributed by atoms with van der Waals surface area (Å²) in [5.74, 6) is -0.433. The highest BCUT2D eigenvalue weighted by Gasteiger charge is 2.21. The lowest BCUT2D eigenvalue weighted by Gasteiger charge is -2.20. The van der Waals surface area contributed by atoms with Crippen LogP contribution in [0.2, 0.25) is 0 Å². The fourth-order valence-electron chi connectivity index (χ4n) is 3.23. The van der Waals surface area contributed by atoms with Crippen LogP contribution >= 0.6 is 0 Å². The molecule has 0 atom stereocenters. The molecule has 2 aromatic rings. The Hall–Kier alpha value is -2.69. The Morgan fingerprint density at radius 2 is 1.73 bits per heavy atom. The lowest BCUT2D eigenvalue weighted by molar-refractivity contribution is -0.120. The molecule has 0 unspecified atom stereocenters. The third kappa shape index (κ3) is 4.91. The first-order valence-electron chi connectivity index (χ1n) is 9.05. The van der Waals surface area contributed by atoms with Gasteiger partial charge >= 0.3 is 0 Å². The predicted molar refractivity (Wildman–Crippen MR) is 99.2 cm³/mol. The van der Waals surface area contributed by atoms with Gasteiger partial charge < -0.3 is 10.6 Å². The number of nitrogens with one attached hydrogen (secondary N) is 2. The van der Waals surface area contributed by atoms with Crippen molar-refractivity contribution in [3.63, 3.8) is 0 Å². The molecule has 4 nitrogen and oxygen atoms in total. The van der Waals surface area contributed by atoms with E-state index in [0.717, 1.165) is 31.2 Å². The van der Waals surface area contributed by atoms with Crippen molar-refractivity contribution >= 4 is 17.5 Å². The Morgan fingerprint density at radius 3 is 2.46 bits per heavy atom. The Morgan fingerprint density at radius 1 is 1.00 bits per heavy atom. The number of rotatable bonds is 5.